The molecule has 0 spiro atoms. The molecule has 0 aliphatic carbocycles. The molecule has 1 N–H and O–H groups in total. The number of carbonyl (C=O) groups is 1. The molecule has 1 aromatic rings. The molecule has 1 aliphatic heterocycles. The van der Waals surface area contributed by atoms with Crippen molar-refractivity contribution in [2.75, 3.05) is 6.61 Å². The molecule has 1 fully saturated rings. The van der Waals surface area contributed by atoms with Crippen molar-refractivity contribution in [3.63, 3.8) is 0 Å². The first-order valence-corrected chi connectivity index (χ1v) is 5.37. The summed E-state index contributed by atoms with van der Waals surface area (Å²) in [7, 11) is 0. The third-order valence-electron chi connectivity index (χ3n) is 2.51. The van der Waals surface area contributed by atoms with E-state index in [0.717, 1.165) is 25.9 Å². The van der Waals surface area contributed by atoms with Crippen molar-refractivity contribution in [1.82, 2.24) is 0 Å². The number of benzene rings is 1. The van der Waals surface area contributed by atoms with E-state index in [1.54, 1.807) is 12.1 Å². The highest BCUT2D eigenvalue weighted by atomic mass is 16.7. The van der Waals surface area contributed by atoms with E-state index in [0.29, 0.717) is 5.75 Å². The summed E-state index contributed by atoms with van der Waals surface area (Å²) in [6.07, 6.45) is 2.89. The highest BCUT2D eigenvalue weighted by Crippen LogP contribution is 2.19. The topological polar surface area (TPSA) is 55.8 Å². The first kappa shape index (κ1) is 11.0. The molecular weight excluding hydrogens is 208 g/mol. The fourth-order valence-electron chi connectivity index (χ4n) is 1.63. The SMILES string of the molecule is O=C(O)c1ccc(OC2CCCCO2)cc1. The molecule has 0 amide bonds. The molecule has 86 valence electrons. The normalized spacial score (nSPS) is 20.4. The average Bonchev–Trinajstić information content (AvgIpc) is 2.31. The highest BCUT2D eigenvalue weighted by Gasteiger charge is 2.15. The van der Waals surface area contributed by atoms with E-state index < -0.39 is 5.97 Å². The van der Waals surface area contributed by atoms with E-state index in [9.17, 15) is 4.79 Å². The van der Waals surface area contributed by atoms with Gasteiger partial charge >= 0.3 is 5.97 Å². The van der Waals surface area contributed by atoms with Crippen LogP contribution in [0.15, 0.2) is 24.3 Å². The summed E-state index contributed by atoms with van der Waals surface area (Å²) in [5.74, 6) is -0.280. The van der Waals surface area contributed by atoms with Gasteiger partial charge in [0.2, 0.25) is 0 Å². The van der Waals surface area contributed by atoms with Gasteiger partial charge in [0.25, 0.3) is 0 Å². The Kier molecular flexibility index (Phi) is 3.41. The van der Waals surface area contributed by atoms with Gasteiger partial charge in [0.15, 0.2) is 6.29 Å². The smallest absolute Gasteiger partial charge is 0.335 e. The van der Waals surface area contributed by atoms with Crippen molar-refractivity contribution < 1.29 is 19.4 Å². The summed E-state index contributed by atoms with van der Waals surface area (Å²) < 4.78 is 11.0. The van der Waals surface area contributed by atoms with E-state index in [1.807, 2.05) is 0 Å². The lowest BCUT2D eigenvalue weighted by molar-refractivity contribution is -0.105. The lowest BCUT2D eigenvalue weighted by Crippen LogP contribution is -2.24. The number of carboxylic acid groups (broad SMARTS) is 1. The van der Waals surface area contributed by atoms with Crippen LogP contribution in [0.1, 0.15) is 29.6 Å². The Morgan fingerprint density at radius 1 is 1.31 bits per heavy atom. The van der Waals surface area contributed by atoms with E-state index >= 15 is 0 Å². The molecule has 0 saturated carbocycles. The lowest BCUT2D eigenvalue weighted by Gasteiger charge is -2.23. The van der Waals surface area contributed by atoms with Gasteiger partial charge < -0.3 is 14.6 Å². The third kappa shape index (κ3) is 2.73. The fourth-order valence-corrected chi connectivity index (χ4v) is 1.63. The number of aromatic carboxylic acids is 1. The van der Waals surface area contributed by atoms with Crippen LogP contribution in [-0.4, -0.2) is 24.0 Å². The molecule has 0 radical (unpaired) electrons. The molecule has 0 aromatic heterocycles. The average molecular weight is 222 g/mol. The second kappa shape index (κ2) is 4.99. The van der Waals surface area contributed by atoms with Gasteiger partial charge in [-0.05, 0) is 37.1 Å². The van der Waals surface area contributed by atoms with Gasteiger partial charge in [-0.15, -0.1) is 0 Å². The summed E-state index contributed by atoms with van der Waals surface area (Å²) in [4.78, 5) is 10.6. The Hall–Kier alpha value is -1.55. The fraction of sp³-hybridized carbons (Fsp3) is 0.417. The molecule has 1 saturated heterocycles. The molecule has 4 nitrogen and oxygen atoms in total. The summed E-state index contributed by atoms with van der Waals surface area (Å²) in [5.41, 5.74) is 0.261. The summed E-state index contributed by atoms with van der Waals surface area (Å²) in [5, 5.41) is 8.73. The second-order valence-electron chi connectivity index (χ2n) is 3.74. The predicted octanol–water partition coefficient (Wildman–Crippen LogP) is 2.29. The lowest BCUT2D eigenvalue weighted by atomic mass is 10.2. The van der Waals surface area contributed by atoms with Gasteiger partial charge in [-0.2, -0.15) is 0 Å². The van der Waals surface area contributed by atoms with Crippen LogP contribution in [-0.2, 0) is 4.74 Å². The first-order valence-electron chi connectivity index (χ1n) is 5.37. The quantitative estimate of drug-likeness (QED) is 0.852. The van der Waals surface area contributed by atoms with Gasteiger partial charge in [-0.25, -0.2) is 4.79 Å². The molecule has 16 heavy (non-hydrogen) atoms. The predicted molar refractivity (Wildman–Crippen MR) is 57.6 cm³/mol. The van der Waals surface area contributed by atoms with Crippen LogP contribution in [0.4, 0.5) is 0 Å². The summed E-state index contributed by atoms with van der Waals surface area (Å²) in [6.45, 7) is 0.734. The van der Waals surface area contributed by atoms with Crippen LogP contribution < -0.4 is 4.74 Å². The monoisotopic (exact) mass is 222 g/mol. The van der Waals surface area contributed by atoms with Gasteiger partial charge in [-0.3, -0.25) is 0 Å². The number of rotatable bonds is 3. The third-order valence-corrected chi connectivity index (χ3v) is 2.51. The number of ether oxygens (including phenoxy) is 2. The summed E-state index contributed by atoms with van der Waals surface area (Å²) in [6, 6.07) is 6.36. The van der Waals surface area contributed by atoms with Crippen molar-refractivity contribution in [3.05, 3.63) is 29.8 Å². The molecule has 4 heteroatoms. The van der Waals surface area contributed by atoms with Crippen molar-refractivity contribution in [2.24, 2.45) is 0 Å². The van der Waals surface area contributed by atoms with Crippen molar-refractivity contribution in [1.29, 1.82) is 0 Å². The van der Waals surface area contributed by atoms with Crippen LogP contribution in [0.25, 0.3) is 0 Å². The highest BCUT2D eigenvalue weighted by molar-refractivity contribution is 5.87. The molecule has 1 unspecified atom stereocenters. The molecule has 1 aliphatic rings. The van der Waals surface area contributed by atoms with Crippen LogP contribution in [0.5, 0.6) is 5.75 Å². The standard InChI is InChI=1S/C12H14O4/c13-12(14)9-4-6-10(7-5-9)16-11-3-1-2-8-15-11/h4-7,11H,1-3,8H2,(H,13,14). The Balaban J connectivity index is 1.96. The number of carboxylic acids is 1. The zero-order chi connectivity index (χ0) is 11.4. The van der Waals surface area contributed by atoms with Gasteiger partial charge in [0.1, 0.15) is 5.75 Å². The zero-order valence-corrected chi connectivity index (χ0v) is 8.89. The van der Waals surface area contributed by atoms with Gasteiger partial charge in [0.05, 0.1) is 12.2 Å². The van der Waals surface area contributed by atoms with E-state index in [2.05, 4.69) is 0 Å². The maximum absolute atomic E-state index is 10.6. The Bertz CT molecular complexity index is 352. The minimum Gasteiger partial charge on any atom is -0.478 e. The van der Waals surface area contributed by atoms with Crippen molar-refractivity contribution in [3.8, 4) is 5.75 Å². The molecule has 2 rings (SSSR count). The number of hydrogen-bond acceptors (Lipinski definition) is 3. The molecule has 0 bridgehead atoms. The van der Waals surface area contributed by atoms with Crippen LogP contribution in [0.2, 0.25) is 0 Å². The van der Waals surface area contributed by atoms with E-state index in [4.69, 9.17) is 14.6 Å². The largest absolute Gasteiger partial charge is 0.478 e. The Morgan fingerprint density at radius 3 is 2.62 bits per heavy atom. The van der Waals surface area contributed by atoms with Gasteiger partial charge in [-0.1, -0.05) is 0 Å². The minimum atomic E-state index is -0.930. The maximum Gasteiger partial charge on any atom is 0.335 e. The number of hydrogen-bond donors (Lipinski definition) is 1. The Labute approximate surface area is 93.8 Å². The summed E-state index contributed by atoms with van der Waals surface area (Å²) >= 11 is 0. The zero-order valence-electron chi connectivity index (χ0n) is 8.89. The van der Waals surface area contributed by atoms with Crippen LogP contribution in [0.3, 0.4) is 0 Å². The van der Waals surface area contributed by atoms with Crippen LogP contribution in [0, 0.1) is 0 Å². The van der Waals surface area contributed by atoms with Gasteiger partial charge in [0, 0.05) is 6.42 Å². The van der Waals surface area contributed by atoms with Crippen molar-refractivity contribution >= 4 is 5.97 Å². The Morgan fingerprint density at radius 2 is 2.06 bits per heavy atom. The van der Waals surface area contributed by atoms with E-state index in [1.165, 1.54) is 12.1 Å². The van der Waals surface area contributed by atoms with Crippen LogP contribution >= 0.6 is 0 Å². The minimum absolute atomic E-state index is 0.190. The first-order chi connectivity index (χ1) is 7.75. The molecule has 1 atom stereocenters. The van der Waals surface area contributed by atoms with Crippen molar-refractivity contribution in [2.45, 2.75) is 25.6 Å². The molecular formula is C12H14O4. The second-order valence-corrected chi connectivity index (χ2v) is 3.74. The van der Waals surface area contributed by atoms with E-state index in [-0.39, 0.29) is 11.9 Å². The molecule has 1 heterocycles. The molecule has 1 aromatic carbocycles. The maximum atomic E-state index is 10.6.